The molecule has 1 aromatic carbocycles. The summed E-state index contributed by atoms with van der Waals surface area (Å²) < 4.78 is 13.0. The van der Waals surface area contributed by atoms with E-state index < -0.39 is 0 Å². The zero-order valence-electron chi connectivity index (χ0n) is 14.1. The average molecular weight is 323 g/mol. The number of nitrogens with zero attached hydrogens (tertiary/aromatic N) is 3. The van der Waals surface area contributed by atoms with Gasteiger partial charge in [-0.05, 0) is 50.2 Å². The zero-order valence-corrected chi connectivity index (χ0v) is 14.1. The molecule has 0 atom stereocenters. The Balaban J connectivity index is 1.82. The van der Waals surface area contributed by atoms with Gasteiger partial charge in [-0.1, -0.05) is 6.07 Å². The Kier molecular flexibility index (Phi) is 4.79. The normalized spacial score (nSPS) is 10.8. The summed E-state index contributed by atoms with van der Waals surface area (Å²) in [5, 5.41) is 4.39. The molecule has 0 N–H and O–H groups in total. The molecule has 2 heterocycles. The molecule has 5 heteroatoms. The Bertz CT molecular complexity index is 794. The lowest BCUT2D eigenvalue weighted by molar-refractivity contribution is 0.305. The van der Waals surface area contributed by atoms with Crippen molar-refractivity contribution < 1.29 is 9.47 Å². The van der Waals surface area contributed by atoms with Crippen LogP contribution in [-0.2, 0) is 6.61 Å². The zero-order chi connectivity index (χ0) is 16.9. The van der Waals surface area contributed by atoms with Gasteiger partial charge in [0, 0.05) is 24.0 Å². The predicted molar refractivity (Wildman–Crippen MR) is 93.2 cm³/mol. The molecule has 3 aromatic rings. The van der Waals surface area contributed by atoms with Gasteiger partial charge in [-0.25, -0.2) is 0 Å². The predicted octanol–water partition coefficient (Wildman–Crippen LogP) is 4.11. The minimum atomic E-state index is 0.271. The standard InChI is InChI=1S/C19H21N3O2/c1-14(2)22-18(10-12-21-22)19-15(5-4-11-20-19)13-24-17-8-6-16(23-3)7-9-17/h4-12,14H,13H2,1-3H3. The van der Waals surface area contributed by atoms with Gasteiger partial charge in [0.1, 0.15) is 18.1 Å². The molecule has 0 fully saturated rings. The largest absolute Gasteiger partial charge is 0.497 e. The molecule has 0 amide bonds. The van der Waals surface area contributed by atoms with E-state index in [4.69, 9.17) is 9.47 Å². The third-order valence-electron chi connectivity index (χ3n) is 3.75. The van der Waals surface area contributed by atoms with Crippen molar-refractivity contribution in [2.75, 3.05) is 7.11 Å². The minimum Gasteiger partial charge on any atom is -0.497 e. The summed E-state index contributed by atoms with van der Waals surface area (Å²) in [4.78, 5) is 4.54. The second-order valence-electron chi connectivity index (χ2n) is 5.73. The van der Waals surface area contributed by atoms with E-state index in [1.165, 1.54) is 0 Å². The van der Waals surface area contributed by atoms with Crippen LogP contribution in [0.5, 0.6) is 11.5 Å². The van der Waals surface area contributed by atoms with Gasteiger partial charge < -0.3 is 9.47 Å². The number of methoxy groups -OCH3 is 1. The van der Waals surface area contributed by atoms with Crippen LogP contribution in [0.4, 0.5) is 0 Å². The van der Waals surface area contributed by atoms with Gasteiger partial charge in [0.05, 0.1) is 18.5 Å². The van der Waals surface area contributed by atoms with Crippen molar-refractivity contribution in [3.05, 3.63) is 60.4 Å². The molecule has 0 aliphatic heterocycles. The van der Waals surface area contributed by atoms with E-state index in [9.17, 15) is 0 Å². The Morgan fingerprint density at radius 1 is 1.00 bits per heavy atom. The van der Waals surface area contributed by atoms with Crippen molar-refractivity contribution in [1.29, 1.82) is 0 Å². The first-order valence-corrected chi connectivity index (χ1v) is 7.93. The Hall–Kier alpha value is -2.82. The van der Waals surface area contributed by atoms with Crippen molar-refractivity contribution in [3.8, 4) is 22.9 Å². The third kappa shape index (κ3) is 3.40. The molecule has 0 aliphatic carbocycles. The van der Waals surface area contributed by atoms with Crippen molar-refractivity contribution >= 4 is 0 Å². The van der Waals surface area contributed by atoms with Crippen LogP contribution in [0.1, 0.15) is 25.5 Å². The van der Waals surface area contributed by atoms with Gasteiger partial charge in [0.2, 0.25) is 0 Å². The van der Waals surface area contributed by atoms with Crippen LogP contribution in [0.15, 0.2) is 54.9 Å². The van der Waals surface area contributed by atoms with Crippen molar-refractivity contribution in [1.82, 2.24) is 14.8 Å². The van der Waals surface area contributed by atoms with E-state index in [-0.39, 0.29) is 6.04 Å². The number of aromatic nitrogens is 3. The van der Waals surface area contributed by atoms with Crippen LogP contribution in [0, 0.1) is 0 Å². The lowest BCUT2D eigenvalue weighted by Gasteiger charge is -2.14. The number of rotatable bonds is 6. The molecule has 2 aromatic heterocycles. The summed E-state index contributed by atoms with van der Waals surface area (Å²) in [5.74, 6) is 1.60. The molecule has 0 bridgehead atoms. The molecule has 0 spiro atoms. The highest BCUT2D eigenvalue weighted by Crippen LogP contribution is 2.25. The maximum Gasteiger partial charge on any atom is 0.120 e. The van der Waals surface area contributed by atoms with E-state index in [2.05, 4.69) is 23.9 Å². The highest BCUT2D eigenvalue weighted by molar-refractivity contribution is 5.58. The first-order valence-electron chi connectivity index (χ1n) is 7.93. The smallest absolute Gasteiger partial charge is 0.120 e. The van der Waals surface area contributed by atoms with Gasteiger partial charge in [-0.3, -0.25) is 9.67 Å². The van der Waals surface area contributed by atoms with Crippen LogP contribution in [-0.4, -0.2) is 21.9 Å². The van der Waals surface area contributed by atoms with Gasteiger partial charge in [0.15, 0.2) is 0 Å². The highest BCUT2D eigenvalue weighted by Gasteiger charge is 2.13. The van der Waals surface area contributed by atoms with Crippen LogP contribution in [0.3, 0.4) is 0 Å². The lowest BCUT2D eigenvalue weighted by atomic mass is 10.1. The van der Waals surface area contributed by atoms with Gasteiger partial charge in [-0.15, -0.1) is 0 Å². The maximum atomic E-state index is 5.91. The number of hydrogen-bond acceptors (Lipinski definition) is 4. The summed E-state index contributed by atoms with van der Waals surface area (Å²) in [6.07, 6.45) is 3.60. The molecule has 5 nitrogen and oxygen atoms in total. The molecular formula is C19H21N3O2. The van der Waals surface area contributed by atoms with Crippen LogP contribution in [0.25, 0.3) is 11.4 Å². The fourth-order valence-electron chi connectivity index (χ4n) is 2.53. The van der Waals surface area contributed by atoms with Crippen molar-refractivity contribution in [2.24, 2.45) is 0 Å². The summed E-state index contributed by atoms with van der Waals surface area (Å²) in [6.45, 7) is 4.65. The fourth-order valence-corrected chi connectivity index (χ4v) is 2.53. The summed E-state index contributed by atoms with van der Waals surface area (Å²) in [6, 6.07) is 13.8. The number of pyridine rings is 1. The van der Waals surface area contributed by atoms with Crippen molar-refractivity contribution in [2.45, 2.75) is 26.5 Å². The molecule has 0 saturated carbocycles. The lowest BCUT2D eigenvalue weighted by Crippen LogP contribution is -2.07. The second-order valence-corrected chi connectivity index (χ2v) is 5.73. The Morgan fingerprint density at radius 3 is 2.46 bits per heavy atom. The quantitative estimate of drug-likeness (QED) is 0.685. The molecule has 3 rings (SSSR count). The van der Waals surface area contributed by atoms with Gasteiger partial charge >= 0.3 is 0 Å². The monoisotopic (exact) mass is 323 g/mol. The molecule has 0 aliphatic rings. The Labute approximate surface area is 141 Å². The number of hydrogen-bond donors (Lipinski definition) is 0. The first-order chi connectivity index (χ1) is 11.7. The van der Waals surface area contributed by atoms with Crippen LogP contribution < -0.4 is 9.47 Å². The number of benzene rings is 1. The molecule has 124 valence electrons. The van der Waals surface area contributed by atoms with E-state index >= 15 is 0 Å². The Morgan fingerprint density at radius 2 is 1.75 bits per heavy atom. The second kappa shape index (κ2) is 7.17. The van der Waals surface area contributed by atoms with Crippen molar-refractivity contribution in [3.63, 3.8) is 0 Å². The van der Waals surface area contributed by atoms with Crippen LogP contribution in [0.2, 0.25) is 0 Å². The molecule has 0 saturated heterocycles. The average Bonchev–Trinajstić information content (AvgIpc) is 3.10. The fraction of sp³-hybridized carbons (Fsp3) is 0.263. The van der Waals surface area contributed by atoms with Gasteiger partial charge in [-0.2, -0.15) is 5.10 Å². The maximum absolute atomic E-state index is 5.91. The molecule has 24 heavy (non-hydrogen) atoms. The SMILES string of the molecule is COc1ccc(OCc2cccnc2-c2ccnn2C(C)C)cc1. The molecular weight excluding hydrogens is 302 g/mol. The first kappa shape index (κ1) is 16.1. The highest BCUT2D eigenvalue weighted by atomic mass is 16.5. The molecule has 0 unspecified atom stereocenters. The van der Waals surface area contributed by atoms with E-state index in [1.807, 2.05) is 47.1 Å². The van der Waals surface area contributed by atoms with Crippen LogP contribution >= 0.6 is 0 Å². The van der Waals surface area contributed by atoms with E-state index in [0.29, 0.717) is 6.61 Å². The van der Waals surface area contributed by atoms with E-state index in [0.717, 1.165) is 28.5 Å². The summed E-state index contributed by atoms with van der Waals surface area (Å²) in [7, 11) is 1.65. The topological polar surface area (TPSA) is 49.2 Å². The number of ether oxygens (including phenoxy) is 2. The third-order valence-corrected chi connectivity index (χ3v) is 3.75. The minimum absolute atomic E-state index is 0.271. The van der Waals surface area contributed by atoms with Gasteiger partial charge in [0.25, 0.3) is 0 Å². The molecule has 0 radical (unpaired) electrons. The summed E-state index contributed by atoms with van der Waals surface area (Å²) >= 11 is 0. The summed E-state index contributed by atoms with van der Waals surface area (Å²) in [5.41, 5.74) is 2.92. The van der Waals surface area contributed by atoms with E-state index in [1.54, 1.807) is 19.5 Å².